The molecular formula is C16H18Br2N2O. The van der Waals surface area contributed by atoms with Gasteiger partial charge in [0.2, 0.25) is 0 Å². The number of aromatic nitrogens is 2. The molecule has 0 fully saturated rings. The Morgan fingerprint density at radius 2 is 2.10 bits per heavy atom. The van der Waals surface area contributed by atoms with Crippen LogP contribution in [0.4, 0.5) is 0 Å². The van der Waals surface area contributed by atoms with E-state index in [1.807, 2.05) is 18.7 Å². The molecule has 1 aromatic carbocycles. The van der Waals surface area contributed by atoms with Crippen molar-refractivity contribution in [3.8, 4) is 0 Å². The SMILES string of the molecule is Cc1nn(C)c(CC2(O)CCc3cc(Br)ccc3C2)c1Br. The summed E-state index contributed by atoms with van der Waals surface area (Å²) in [5, 5.41) is 15.4. The van der Waals surface area contributed by atoms with E-state index in [2.05, 4.69) is 55.2 Å². The summed E-state index contributed by atoms with van der Waals surface area (Å²) in [5.74, 6) is 0. The Kier molecular flexibility index (Phi) is 4.01. The highest BCUT2D eigenvalue weighted by molar-refractivity contribution is 9.10. The van der Waals surface area contributed by atoms with Crippen LogP contribution in [0.3, 0.4) is 0 Å². The second-order valence-corrected chi connectivity index (χ2v) is 7.67. The number of fused-ring (bicyclic) bond motifs is 1. The van der Waals surface area contributed by atoms with Gasteiger partial charge in [-0.05, 0) is 59.0 Å². The van der Waals surface area contributed by atoms with Crippen LogP contribution in [0.2, 0.25) is 0 Å². The lowest BCUT2D eigenvalue weighted by molar-refractivity contribution is 0.0248. The third-order valence-corrected chi connectivity index (χ3v) is 5.83. The maximum atomic E-state index is 11.0. The highest BCUT2D eigenvalue weighted by Crippen LogP contribution is 2.34. The number of hydrogen-bond donors (Lipinski definition) is 1. The van der Waals surface area contributed by atoms with Crippen molar-refractivity contribution in [3.05, 3.63) is 49.7 Å². The second-order valence-electron chi connectivity index (χ2n) is 5.96. The molecule has 1 N–H and O–H groups in total. The minimum Gasteiger partial charge on any atom is -0.389 e. The van der Waals surface area contributed by atoms with Crippen molar-refractivity contribution in [2.24, 2.45) is 7.05 Å². The zero-order valence-electron chi connectivity index (χ0n) is 12.2. The van der Waals surface area contributed by atoms with Crippen molar-refractivity contribution in [3.63, 3.8) is 0 Å². The lowest BCUT2D eigenvalue weighted by Gasteiger charge is -2.34. The Labute approximate surface area is 141 Å². The quantitative estimate of drug-likeness (QED) is 0.814. The first-order valence-electron chi connectivity index (χ1n) is 7.06. The number of aliphatic hydroxyl groups is 1. The monoisotopic (exact) mass is 412 g/mol. The normalized spacial score (nSPS) is 21.4. The van der Waals surface area contributed by atoms with Gasteiger partial charge in [-0.1, -0.05) is 22.0 Å². The van der Waals surface area contributed by atoms with Crippen molar-refractivity contribution in [2.75, 3.05) is 0 Å². The molecule has 1 aliphatic carbocycles. The van der Waals surface area contributed by atoms with E-state index in [0.717, 1.165) is 33.2 Å². The molecule has 0 aliphatic heterocycles. The van der Waals surface area contributed by atoms with Gasteiger partial charge in [-0.2, -0.15) is 5.10 Å². The van der Waals surface area contributed by atoms with Crippen LogP contribution >= 0.6 is 31.9 Å². The lowest BCUT2D eigenvalue weighted by atomic mass is 9.78. The number of aryl methyl sites for hydroxylation is 3. The van der Waals surface area contributed by atoms with E-state index in [0.29, 0.717) is 12.8 Å². The first-order chi connectivity index (χ1) is 9.88. The predicted molar refractivity (Wildman–Crippen MR) is 90.5 cm³/mol. The molecule has 2 aromatic rings. The first kappa shape index (κ1) is 15.3. The van der Waals surface area contributed by atoms with Crippen LogP contribution in [0, 0.1) is 6.92 Å². The molecule has 0 saturated carbocycles. The summed E-state index contributed by atoms with van der Waals surface area (Å²) in [6.45, 7) is 1.98. The molecular weight excluding hydrogens is 396 g/mol. The Morgan fingerprint density at radius 1 is 1.33 bits per heavy atom. The molecule has 3 rings (SSSR count). The molecule has 1 aliphatic rings. The molecule has 1 heterocycles. The van der Waals surface area contributed by atoms with Crippen molar-refractivity contribution < 1.29 is 5.11 Å². The Hall–Kier alpha value is -0.650. The van der Waals surface area contributed by atoms with E-state index in [9.17, 15) is 5.11 Å². The highest BCUT2D eigenvalue weighted by Gasteiger charge is 2.34. The summed E-state index contributed by atoms with van der Waals surface area (Å²) < 4.78 is 3.99. The maximum Gasteiger partial charge on any atom is 0.0746 e. The summed E-state index contributed by atoms with van der Waals surface area (Å²) in [5.41, 5.74) is 3.94. The molecule has 0 bridgehead atoms. The van der Waals surface area contributed by atoms with Crippen LogP contribution in [0.15, 0.2) is 27.1 Å². The van der Waals surface area contributed by atoms with Crippen molar-refractivity contribution in [1.82, 2.24) is 9.78 Å². The van der Waals surface area contributed by atoms with E-state index >= 15 is 0 Å². The van der Waals surface area contributed by atoms with Crippen LogP contribution < -0.4 is 0 Å². The smallest absolute Gasteiger partial charge is 0.0746 e. The van der Waals surface area contributed by atoms with Crippen molar-refractivity contribution in [1.29, 1.82) is 0 Å². The maximum absolute atomic E-state index is 11.0. The summed E-state index contributed by atoms with van der Waals surface area (Å²) in [7, 11) is 1.93. The molecule has 0 radical (unpaired) electrons. The number of nitrogens with zero attached hydrogens (tertiary/aromatic N) is 2. The zero-order chi connectivity index (χ0) is 15.2. The van der Waals surface area contributed by atoms with Gasteiger partial charge < -0.3 is 5.11 Å². The zero-order valence-corrected chi connectivity index (χ0v) is 15.3. The fourth-order valence-corrected chi connectivity index (χ4v) is 4.03. The number of halogens is 2. The van der Waals surface area contributed by atoms with Crippen molar-refractivity contribution in [2.45, 2.75) is 38.2 Å². The van der Waals surface area contributed by atoms with Gasteiger partial charge in [0.1, 0.15) is 0 Å². The van der Waals surface area contributed by atoms with Gasteiger partial charge in [-0.15, -0.1) is 0 Å². The number of rotatable bonds is 2. The molecule has 3 nitrogen and oxygen atoms in total. The van der Waals surface area contributed by atoms with Crippen LogP contribution in [-0.2, 0) is 26.3 Å². The van der Waals surface area contributed by atoms with Gasteiger partial charge in [-0.3, -0.25) is 4.68 Å². The molecule has 0 spiro atoms. The molecule has 112 valence electrons. The number of hydrogen-bond acceptors (Lipinski definition) is 2. The summed E-state index contributed by atoms with van der Waals surface area (Å²) >= 11 is 7.11. The Bertz CT molecular complexity index is 696. The molecule has 21 heavy (non-hydrogen) atoms. The number of benzene rings is 1. The van der Waals surface area contributed by atoms with Crippen LogP contribution in [-0.4, -0.2) is 20.5 Å². The second kappa shape index (κ2) is 5.52. The van der Waals surface area contributed by atoms with Gasteiger partial charge in [0.15, 0.2) is 0 Å². The van der Waals surface area contributed by atoms with Gasteiger partial charge >= 0.3 is 0 Å². The van der Waals surface area contributed by atoms with Crippen molar-refractivity contribution >= 4 is 31.9 Å². The Morgan fingerprint density at radius 3 is 2.76 bits per heavy atom. The minimum absolute atomic E-state index is 0.625. The van der Waals surface area contributed by atoms with Gasteiger partial charge in [0.25, 0.3) is 0 Å². The molecule has 1 unspecified atom stereocenters. The third kappa shape index (κ3) is 2.96. The van der Waals surface area contributed by atoms with Crippen LogP contribution in [0.25, 0.3) is 0 Å². The molecule has 1 atom stereocenters. The Balaban J connectivity index is 1.88. The fraction of sp³-hybridized carbons (Fsp3) is 0.438. The average molecular weight is 414 g/mol. The summed E-state index contributed by atoms with van der Waals surface area (Å²) in [4.78, 5) is 0. The molecule has 5 heteroatoms. The fourth-order valence-electron chi connectivity index (χ4n) is 3.14. The summed E-state index contributed by atoms with van der Waals surface area (Å²) in [6, 6.07) is 6.33. The molecule has 0 saturated heterocycles. The molecule has 0 amide bonds. The lowest BCUT2D eigenvalue weighted by Crippen LogP contribution is -2.38. The summed E-state index contributed by atoms with van der Waals surface area (Å²) in [6.07, 6.45) is 3.03. The average Bonchev–Trinajstić information content (AvgIpc) is 2.66. The largest absolute Gasteiger partial charge is 0.389 e. The van der Waals surface area contributed by atoms with Gasteiger partial charge in [0.05, 0.1) is 21.5 Å². The van der Waals surface area contributed by atoms with Gasteiger partial charge in [-0.25, -0.2) is 0 Å². The standard InChI is InChI=1S/C16H18Br2N2O/c1-10-15(18)14(20(2)19-10)9-16(21)6-5-11-7-13(17)4-3-12(11)8-16/h3-4,7,21H,5-6,8-9H2,1-2H3. The van der Waals surface area contributed by atoms with E-state index in [4.69, 9.17) is 0 Å². The van der Waals surface area contributed by atoms with Crippen LogP contribution in [0.1, 0.15) is 28.9 Å². The van der Waals surface area contributed by atoms with E-state index < -0.39 is 5.60 Å². The topological polar surface area (TPSA) is 38.0 Å². The van der Waals surface area contributed by atoms with E-state index in [1.165, 1.54) is 11.1 Å². The first-order valence-corrected chi connectivity index (χ1v) is 8.64. The highest BCUT2D eigenvalue weighted by atomic mass is 79.9. The predicted octanol–water partition coefficient (Wildman–Crippen LogP) is 3.72. The van der Waals surface area contributed by atoms with Crippen LogP contribution in [0.5, 0.6) is 0 Å². The van der Waals surface area contributed by atoms with E-state index in [1.54, 1.807) is 0 Å². The molecule has 1 aromatic heterocycles. The third-order valence-electron chi connectivity index (χ3n) is 4.31. The van der Waals surface area contributed by atoms with Gasteiger partial charge in [0, 0.05) is 24.4 Å². The van der Waals surface area contributed by atoms with E-state index in [-0.39, 0.29) is 0 Å². The minimum atomic E-state index is -0.691.